The Bertz CT molecular complexity index is 554. The summed E-state index contributed by atoms with van der Waals surface area (Å²) in [4.78, 5) is 23.3. The van der Waals surface area contributed by atoms with E-state index in [0.717, 1.165) is 0 Å². The molecule has 0 spiro atoms. The van der Waals surface area contributed by atoms with Crippen molar-refractivity contribution in [1.29, 1.82) is 0 Å². The van der Waals surface area contributed by atoms with Gasteiger partial charge in [-0.25, -0.2) is 4.79 Å². The second-order valence-corrected chi connectivity index (χ2v) is 4.24. The maximum Gasteiger partial charge on any atom is 0.354 e. The molecule has 20 heavy (non-hydrogen) atoms. The molecular formula is C14H15N3O3. The maximum atomic E-state index is 11.8. The maximum absolute atomic E-state index is 11.8. The largest absolute Gasteiger partial charge is 0.457 e. The Morgan fingerprint density at radius 3 is 2.75 bits per heavy atom. The Kier molecular flexibility index (Phi) is 4.14. The predicted molar refractivity (Wildman–Crippen MR) is 75.1 cm³/mol. The van der Waals surface area contributed by atoms with Gasteiger partial charge >= 0.3 is 5.97 Å². The van der Waals surface area contributed by atoms with E-state index >= 15 is 0 Å². The number of primary amides is 1. The van der Waals surface area contributed by atoms with E-state index in [-0.39, 0.29) is 18.7 Å². The summed E-state index contributed by atoms with van der Waals surface area (Å²) in [5.41, 5.74) is 6.24. The minimum absolute atomic E-state index is 0.102. The first-order valence-corrected chi connectivity index (χ1v) is 6.12. The van der Waals surface area contributed by atoms with Crippen LogP contribution in [0, 0.1) is 0 Å². The van der Waals surface area contributed by atoms with Crippen LogP contribution in [0.1, 0.15) is 6.42 Å². The highest BCUT2D eigenvalue weighted by molar-refractivity contribution is 6.38. The van der Waals surface area contributed by atoms with Crippen LogP contribution in [0.3, 0.4) is 0 Å². The number of carbonyl (C=O) groups excluding carboxylic acids is 2. The molecule has 0 fully saturated rings. The van der Waals surface area contributed by atoms with Crippen LogP contribution in [0.25, 0.3) is 0 Å². The summed E-state index contributed by atoms with van der Waals surface area (Å²) in [5, 5.41) is 5.61. The average Bonchev–Trinajstić information content (AvgIpc) is 2.91. The normalized spacial score (nSPS) is 17.5. The van der Waals surface area contributed by atoms with Gasteiger partial charge in [0.1, 0.15) is 18.4 Å². The summed E-state index contributed by atoms with van der Waals surface area (Å²) in [6.07, 6.45) is 1.61. The third kappa shape index (κ3) is 2.85. The van der Waals surface area contributed by atoms with E-state index < -0.39 is 17.9 Å². The van der Waals surface area contributed by atoms with Crippen LogP contribution in [0.4, 0.5) is 5.69 Å². The van der Waals surface area contributed by atoms with Crippen LogP contribution >= 0.6 is 0 Å². The van der Waals surface area contributed by atoms with Crippen LogP contribution in [0.15, 0.2) is 48.1 Å². The number of amides is 1. The molecule has 1 atom stereocenters. The minimum atomic E-state index is -0.677. The lowest BCUT2D eigenvalue weighted by atomic mass is 10.1. The van der Waals surface area contributed by atoms with E-state index in [4.69, 9.17) is 10.5 Å². The minimum Gasteiger partial charge on any atom is -0.457 e. The van der Waals surface area contributed by atoms with Crippen LogP contribution in [-0.2, 0) is 14.3 Å². The molecule has 1 heterocycles. The molecule has 6 heteroatoms. The van der Waals surface area contributed by atoms with Gasteiger partial charge in [0.25, 0.3) is 0 Å². The first kappa shape index (κ1) is 13.8. The number of nitrogens with zero attached hydrogens (tertiary/aromatic N) is 2. The number of carbonyl (C=O) groups is 2. The molecule has 104 valence electrons. The quantitative estimate of drug-likeness (QED) is 0.636. The number of esters is 1. The van der Waals surface area contributed by atoms with Crippen LogP contribution in [0.2, 0.25) is 0 Å². The molecule has 2 N–H and O–H groups in total. The Balaban J connectivity index is 2.23. The number of anilines is 1. The van der Waals surface area contributed by atoms with Crippen LogP contribution < -0.4 is 10.7 Å². The zero-order valence-electron chi connectivity index (χ0n) is 10.9. The highest BCUT2D eigenvalue weighted by atomic mass is 16.5. The molecular weight excluding hydrogens is 258 g/mol. The Hall–Kier alpha value is -2.63. The Labute approximate surface area is 116 Å². The van der Waals surface area contributed by atoms with Crippen molar-refractivity contribution in [1.82, 2.24) is 0 Å². The molecule has 0 radical (unpaired) electrons. The van der Waals surface area contributed by atoms with Gasteiger partial charge in [0, 0.05) is 6.42 Å². The van der Waals surface area contributed by atoms with Crippen molar-refractivity contribution < 1.29 is 14.3 Å². The smallest absolute Gasteiger partial charge is 0.354 e. The molecule has 1 aliphatic rings. The van der Waals surface area contributed by atoms with Gasteiger partial charge < -0.3 is 10.5 Å². The standard InChI is InChI=1S/C14H15N3O3/c1-2-8-20-14(19)11-9-12(13(15)18)17(16-11)10-6-4-3-5-7-10/h2-7,12H,1,8-9H2,(H2,15,18)/t12-/m1/s1. The summed E-state index contributed by atoms with van der Waals surface area (Å²) in [7, 11) is 0. The lowest BCUT2D eigenvalue weighted by Gasteiger charge is -2.20. The summed E-state index contributed by atoms with van der Waals surface area (Å²) >= 11 is 0. The van der Waals surface area contributed by atoms with Crippen molar-refractivity contribution in [2.75, 3.05) is 11.6 Å². The van der Waals surface area contributed by atoms with Crippen molar-refractivity contribution in [2.45, 2.75) is 12.5 Å². The van der Waals surface area contributed by atoms with Gasteiger partial charge in [-0.1, -0.05) is 30.9 Å². The fourth-order valence-electron chi connectivity index (χ4n) is 1.89. The van der Waals surface area contributed by atoms with E-state index in [1.807, 2.05) is 18.2 Å². The van der Waals surface area contributed by atoms with Gasteiger partial charge in [-0.15, -0.1) is 0 Å². The van der Waals surface area contributed by atoms with E-state index in [1.165, 1.54) is 11.1 Å². The number of benzene rings is 1. The summed E-state index contributed by atoms with van der Waals surface area (Å²) in [6, 6.07) is 8.38. The van der Waals surface area contributed by atoms with Crippen molar-refractivity contribution in [2.24, 2.45) is 10.8 Å². The average molecular weight is 273 g/mol. The monoisotopic (exact) mass is 273 g/mol. The summed E-state index contributed by atoms with van der Waals surface area (Å²) in [6.45, 7) is 3.56. The zero-order valence-corrected chi connectivity index (χ0v) is 10.9. The van der Waals surface area contributed by atoms with Gasteiger partial charge in [-0.3, -0.25) is 9.80 Å². The molecule has 1 aliphatic heterocycles. The highest BCUT2D eigenvalue weighted by Gasteiger charge is 2.35. The first-order chi connectivity index (χ1) is 9.63. The Morgan fingerprint density at radius 2 is 2.15 bits per heavy atom. The van der Waals surface area contributed by atoms with Gasteiger partial charge in [-0.05, 0) is 12.1 Å². The molecule has 2 rings (SSSR count). The molecule has 1 aromatic carbocycles. The molecule has 0 saturated carbocycles. The molecule has 0 saturated heterocycles. The van der Waals surface area contributed by atoms with Gasteiger partial charge in [-0.2, -0.15) is 5.10 Å². The van der Waals surface area contributed by atoms with Crippen molar-refractivity contribution in [3.05, 3.63) is 43.0 Å². The topological polar surface area (TPSA) is 85.0 Å². The summed E-state index contributed by atoms with van der Waals surface area (Å²) in [5.74, 6) is -1.10. The summed E-state index contributed by atoms with van der Waals surface area (Å²) < 4.78 is 4.92. The van der Waals surface area contributed by atoms with Crippen LogP contribution in [0.5, 0.6) is 0 Å². The molecule has 0 aromatic heterocycles. The third-order valence-corrected chi connectivity index (χ3v) is 2.83. The third-order valence-electron chi connectivity index (χ3n) is 2.83. The van der Waals surface area contributed by atoms with Crippen molar-refractivity contribution in [3.8, 4) is 0 Å². The van der Waals surface area contributed by atoms with E-state index in [1.54, 1.807) is 12.1 Å². The lowest BCUT2D eigenvalue weighted by molar-refractivity contribution is -0.134. The molecule has 0 aliphatic carbocycles. The molecule has 0 unspecified atom stereocenters. The second kappa shape index (κ2) is 6.01. The second-order valence-electron chi connectivity index (χ2n) is 4.24. The van der Waals surface area contributed by atoms with Crippen LogP contribution in [-0.4, -0.2) is 30.2 Å². The van der Waals surface area contributed by atoms with Gasteiger partial charge in [0.15, 0.2) is 0 Å². The number of rotatable bonds is 5. The fourth-order valence-corrected chi connectivity index (χ4v) is 1.89. The van der Waals surface area contributed by atoms with E-state index in [9.17, 15) is 9.59 Å². The number of hydrazone groups is 1. The SMILES string of the molecule is C=CCOC(=O)C1=NN(c2ccccc2)[C@@H](C(N)=O)C1. The Morgan fingerprint density at radius 1 is 1.45 bits per heavy atom. The fraction of sp³-hybridized carbons (Fsp3) is 0.214. The van der Waals surface area contributed by atoms with Crippen molar-refractivity contribution >= 4 is 23.3 Å². The number of nitrogens with two attached hydrogens (primary N) is 1. The van der Waals surface area contributed by atoms with E-state index in [2.05, 4.69) is 11.7 Å². The van der Waals surface area contributed by atoms with Crippen molar-refractivity contribution in [3.63, 3.8) is 0 Å². The number of para-hydroxylation sites is 1. The number of ether oxygens (including phenoxy) is 1. The molecule has 0 bridgehead atoms. The first-order valence-electron chi connectivity index (χ1n) is 6.12. The van der Waals surface area contributed by atoms with E-state index in [0.29, 0.717) is 5.69 Å². The van der Waals surface area contributed by atoms with Gasteiger partial charge in [0.2, 0.25) is 5.91 Å². The lowest BCUT2D eigenvalue weighted by Crippen LogP contribution is -2.39. The zero-order chi connectivity index (χ0) is 14.5. The molecule has 6 nitrogen and oxygen atoms in total. The predicted octanol–water partition coefficient (Wildman–Crippen LogP) is 0.836. The van der Waals surface area contributed by atoms with Gasteiger partial charge in [0.05, 0.1) is 5.69 Å². The molecule has 1 amide bonds. The molecule has 1 aromatic rings. The highest BCUT2D eigenvalue weighted by Crippen LogP contribution is 2.24. The number of hydrogen-bond donors (Lipinski definition) is 1. The number of hydrogen-bond acceptors (Lipinski definition) is 5.